The lowest BCUT2D eigenvalue weighted by atomic mass is 10.1. The predicted octanol–water partition coefficient (Wildman–Crippen LogP) is 3.85. The number of sulfonamides is 1. The monoisotopic (exact) mass is 514 g/mol. The van der Waals surface area contributed by atoms with E-state index in [1.54, 1.807) is 19.1 Å². The molecule has 2 N–H and O–H groups in total. The molecule has 3 aromatic carbocycles. The van der Waals surface area contributed by atoms with E-state index in [9.17, 15) is 22.4 Å². The minimum absolute atomic E-state index is 0.000617. The summed E-state index contributed by atoms with van der Waals surface area (Å²) in [5.41, 5.74) is 1.24. The number of aryl methyl sites for hydroxylation is 1. The van der Waals surface area contributed by atoms with Gasteiger partial charge in [0.1, 0.15) is 22.2 Å². The molecule has 1 amide bonds. The first-order valence-corrected chi connectivity index (χ1v) is 12.2. The lowest BCUT2D eigenvalue weighted by Crippen LogP contribution is -2.29. The molecule has 0 spiro atoms. The summed E-state index contributed by atoms with van der Waals surface area (Å²) >= 11 is 0. The van der Waals surface area contributed by atoms with Crippen LogP contribution in [-0.2, 0) is 16.4 Å². The van der Waals surface area contributed by atoms with Crippen molar-refractivity contribution in [2.24, 2.45) is 0 Å². The van der Waals surface area contributed by atoms with Crippen LogP contribution in [0.15, 0.2) is 53.4 Å². The number of methoxy groups -OCH3 is 2. The fourth-order valence-corrected chi connectivity index (χ4v) is 5.81. The number of benzene rings is 3. The number of nitrogens with zero attached hydrogens (tertiary/aromatic N) is 1. The van der Waals surface area contributed by atoms with Crippen molar-refractivity contribution in [2.45, 2.75) is 18.2 Å². The highest BCUT2D eigenvalue weighted by Gasteiger charge is 2.35. The number of hydrogen-bond donors (Lipinski definition) is 2. The molecular formula is C25H23FN2O7S. The summed E-state index contributed by atoms with van der Waals surface area (Å²) < 4.78 is 53.3. The third-order valence-electron chi connectivity index (χ3n) is 5.85. The van der Waals surface area contributed by atoms with Gasteiger partial charge in [-0.25, -0.2) is 17.6 Å². The van der Waals surface area contributed by atoms with E-state index in [4.69, 9.17) is 14.6 Å². The SMILES string of the molecule is COc1ccc(C)cc1S(=O)(=O)N1CCc2c(OC)cc(C(=O)Nc3ccc(C(=O)O)c(F)c3)cc21. The molecule has 4 rings (SSSR count). The average Bonchev–Trinajstić information content (AvgIpc) is 3.28. The molecule has 188 valence electrons. The van der Waals surface area contributed by atoms with E-state index in [1.165, 1.54) is 42.8 Å². The Labute approximate surface area is 207 Å². The van der Waals surface area contributed by atoms with Crippen LogP contribution in [0.1, 0.15) is 31.8 Å². The van der Waals surface area contributed by atoms with Crippen molar-refractivity contribution in [3.8, 4) is 11.5 Å². The molecule has 0 fully saturated rings. The highest BCUT2D eigenvalue weighted by Crippen LogP contribution is 2.41. The van der Waals surface area contributed by atoms with Gasteiger partial charge in [-0.2, -0.15) is 0 Å². The molecule has 1 aliphatic rings. The molecule has 0 atom stereocenters. The van der Waals surface area contributed by atoms with Gasteiger partial charge in [0.2, 0.25) is 0 Å². The number of carbonyl (C=O) groups excluding carboxylic acids is 1. The Morgan fingerprint density at radius 1 is 1.03 bits per heavy atom. The summed E-state index contributed by atoms with van der Waals surface area (Å²) in [5, 5.41) is 11.5. The van der Waals surface area contributed by atoms with E-state index in [-0.39, 0.29) is 34.1 Å². The van der Waals surface area contributed by atoms with Crippen LogP contribution in [0.5, 0.6) is 11.5 Å². The minimum atomic E-state index is -4.05. The van der Waals surface area contributed by atoms with Gasteiger partial charge in [0.25, 0.3) is 15.9 Å². The maximum atomic E-state index is 14.1. The van der Waals surface area contributed by atoms with Crippen LogP contribution in [0.4, 0.5) is 15.8 Å². The second-order valence-electron chi connectivity index (χ2n) is 8.11. The van der Waals surface area contributed by atoms with Crippen molar-refractivity contribution < 1.29 is 37.0 Å². The summed E-state index contributed by atoms with van der Waals surface area (Å²) in [4.78, 5) is 24.0. The van der Waals surface area contributed by atoms with Crippen LogP contribution in [0, 0.1) is 12.7 Å². The Bertz CT molecular complexity index is 1490. The molecule has 0 aliphatic carbocycles. The summed E-state index contributed by atoms with van der Waals surface area (Å²) in [6, 6.07) is 10.9. The third-order valence-corrected chi connectivity index (χ3v) is 7.68. The molecule has 0 unspecified atom stereocenters. The molecule has 1 aliphatic heterocycles. The number of rotatable bonds is 7. The molecule has 9 nitrogen and oxygen atoms in total. The van der Waals surface area contributed by atoms with Crippen LogP contribution in [0.2, 0.25) is 0 Å². The highest BCUT2D eigenvalue weighted by atomic mass is 32.2. The fourth-order valence-electron chi connectivity index (χ4n) is 4.07. The van der Waals surface area contributed by atoms with Crippen molar-refractivity contribution in [1.82, 2.24) is 0 Å². The van der Waals surface area contributed by atoms with Crippen molar-refractivity contribution in [3.63, 3.8) is 0 Å². The molecule has 0 bridgehead atoms. The van der Waals surface area contributed by atoms with Gasteiger partial charge in [-0.3, -0.25) is 9.10 Å². The van der Waals surface area contributed by atoms with Gasteiger partial charge >= 0.3 is 5.97 Å². The van der Waals surface area contributed by atoms with Crippen LogP contribution in [0.3, 0.4) is 0 Å². The normalized spacial score (nSPS) is 12.7. The number of carboxylic acids is 1. The first kappa shape index (κ1) is 25.0. The van der Waals surface area contributed by atoms with Gasteiger partial charge in [0, 0.05) is 23.4 Å². The number of ether oxygens (including phenoxy) is 2. The molecule has 3 aromatic rings. The number of carboxylic acid groups (broad SMARTS) is 1. The van der Waals surface area contributed by atoms with Gasteiger partial charge in [-0.15, -0.1) is 0 Å². The van der Waals surface area contributed by atoms with Gasteiger partial charge < -0.3 is 19.9 Å². The predicted molar refractivity (Wildman–Crippen MR) is 130 cm³/mol. The number of amides is 1. The van der Waals surface area contributed by atoms with Crippen molar-refractivity contribution in [3.05, 3.63) is 76.6 Å². The zero-order valence-electron chi connectivity index (χ0n) is 19.7. The number of fused-ring (bicyclic) bond motifs is 1. The van der Waals surface area contributed by atoms with Gasteiger partial charge in [0.15, 0.2) is 0 Å². The third kappa shape index (κ3) is 4.44. The Balaban J connectivity index is 1.73. The van der Waals surface area contributed by atoms with E-state index < -0.39 is 33.3 Å². The van der Waals surface area contributed by atoms with Crippen LogP contribution in [-0.4, -0.2) is 46.2 Å². The lowest BCUT2D eigenvalue weighted by molar-refractivity contribution is 0.0691. The van der Waals surface area contributed by atoms with E-state index in [0.717, 1.165) is 17.7 Å². The Morgan fingerprint density at radius 3 is 2.39 bits per heavy atom. The maximum Gasteiger partial charge on any atom is 0.338 e. The van der Waals surface area contributed by atoms with Crippen LogP contribution >= 0.6 is 0 Å². The Kier molecular flexibility index (Phi) is 6.59. The number of anilines is 2. The highest BCUT2D eigenvalue weighted by molar-refractivity contribution is 7.93. The average molecular weight is 515 g/mol. The zero-order chi connectivity index (χ0) is 26.2. The van der Waals surface area contributed by atoms with E-state index in [0.29, 0.717) is 17.7 Å². The minimum Gasteiger partial charge on any atom is -0.496 e. The quantitative estimate of drug-likeness (QED) is 0.491. The summed E-state index contributed by atoms with van der Waals surface area (Å²) in [6.07, 6.45) is 0.371. The molecule has 0 aromatic heterocycles. The molecule has 0 saturated carbocycles. The first-order chi connectivity index (χ1) is 17.1. The Hall–Kier alpha value is -4.12. The molecule has 0 radical (unpaired) electrons. The molecular weight excluding hydrogens is 491 g/mol. The maximum absolute atomic E-state index is 14.1. The Morgan fingerprint density at radius 2 is 1.75 bits per heavy atom. The van der Waals surface area contributed by atoms with Crippen LogP contribution < -0.4 is 19.1 Å². The zero-order valence-corrected chi connectivity index (χ0v) is 20.5. The number of aromatic carboxylic acids is 1. The van der Waals surface area contributed by atoms with Crippen molar-refractivity contribution >= 4 is 33.3 Å². The number of nitrogens with one attached hydrogen (secondary N) is 1. The lowest BCUT2D eigenvalue weighted by Gasteiger charge is -2.22. The number of carbonyl (C=O) groups is 2. The standard InChI is InChI=1S/C25H23FN2O7S/c1-14-4-7-21(34-2)23(10-14)36(32,33)28-9-8-18-20(28)11-15(12-22(18)35-3)24(29)27-16-5-6-17(25(30)31)19(26)13-16/h4-7,10-13H,8-9H2,1-3H3,(H,27,29)(H,30,31). The second kappa shape index (κ2) is 9.50. The smallest absolute Gasteiger partial charge is 0.338 e. The van der Waals surface area contributed by atoms with Gasteiger partial charge in [0.05, 0.1) is 25.5 Å². The van der Waals surface area contributed by atoms with Crippen LogP contribution in [0.25, 0.3) is 0 Å². The van der Waals surface area contributed by atoms with E-state index in [2.05, 4.69) is 5.32 Å². The second-order valence-corrected chi connectivity index (χ2v) is 9.94. The summed E-state index contributed by atoms with van der Waals surface area (Å²) in [5.74, 6) is -2.56. The van der Waals surface area contributed by atoms with Crippen molar-refractivity contribution in [1.29, 1.82) is 0 Å². The summed E-state index contributed by atoms with van der Waals surface area (Å²) in [7, 11) is -1.24. The van der Waals surface area contributed by atoms with Crippen molar-refractivity contribution in [2.75, 3.05) is 30.4 Å². The van der Waals surface area contributed by atoms with E-state index in [1.807, 2.05) is 0 Å². The summed E-state index contributed by atoms with van der Waals surface area (Å²) in [6.45, 7) is 1.91. The fraction of sp³-hybridized carbons (Fsp3) is 0.200. The van der Waals surface area contributed by atoms with Gasteiger partial charge in [-0.1, -0.05) is 6.07 Å². The molecule has 36 heavy (non-hydrogen) atoms. The number of hydrogen-bond acceptors (Lipinski definition) is 6. The topological polar surface area (TPSA) is 122 Å². The molecule has 0 saturated heterocycles. The molecule has 1 heterocycles. The number of halogens is 1. The first-order valence-electron chi connectivity index (χ1n) is 10.8. The van der Waals surface area contributed by atoms with E-state index >= 15 is 0 Å². The molecule has 11 heteroatoms. The largest absolute Gasteiger partial charge is 0.496 e. The van der Waals surface area contributed by atoms with Gasteiger partial charge in [-0.05, 0) is 61.4 Å².